The van der Waals surface area contributed by atoms with E-state index in [0.717, 1.165) is 17.0 Å². The molecule has 0 aliphatic carbocycles. The minimum atomic E-state index is -3.88. The van der Waals surface area contributed by atoms with E-state index in [1.54, 1.807) is 0 Å². The molecule has 3 saturated heterocycles. The van der Waals surface area contributed by atoms with Crippen molar-refractivity contribution in [2.45, 2.75) is 16.9 Å². The fourth-order valence-corrected chi connectivity index (χ4v) is 5.30. The van der Waals surface area contributed by atoms with Crippen molar-refractivity contribution < 1.29 is 31.9 Å². The van der Waals surface area contributed by atoms with Crippen LogP contribution < -0.4 is 5.32 Å². The number of nitrogens with one attached hydrogen (secondary N) is 1. The summed E-state index contributed by atoms with van der Waals surface area (Å²) in [5.74, 6) is -1.58. The van der Waals surface area contributed by atoms with Gasteiger partial charge in [0.1, 0.15) is 17.9 Å². The van der Waals surface area contributed by atoms with Gasteiger partial charge in [-0.3, -0.25) is 14.5 Å². The summed E-state index contributed by atoms with van der Waals surface area (Å²) in [5, 5.41) is 2.61. The van der Waals surface area contributed by atoms with E-state index in [0.29, 0.717) is 13.0 Å². The van der Waals surface area contributed by atoms with Gasteiger partial charge < -0.3 is 15.0 Å². The molecule has 3 heterocycles. The lowest BCUT2D eigenvalue weighted by molar-refractivity contribution is -0.139. The van der Waals surface area contributed by atoms with Crippen LogP contribution in [0.2, 0.25) is 0 Å². The Labute approximate surface area is 172 Å². The van der Waals surface area contributed by atoms with Gasteiger partial charge in [-0.05, 0) is 18.2 Å². The van der Waals surface area contributed by atoms with Crippen molar-refractivity contribution in [3.63, 3.8) is 0 Å². The number of sulfonamides is 1. The highest BCUT2D eigenvalue weighted by atomic mass is 32.2. The van der Waals surface area contributed by atoms with E-state index in [1.807, 2.05) is 0 Å². The van der Waals surface area contributed by atoms with Crippen LogP contribution in [0.4, 0.5) is 9.18 Å². The van der Waals surface area contributed by atoms with Crippen molar-refractivity contribution in [2.24, 2.45) is 0 Å². The van der Waals surface area contributed by atoms with Crippen LogP contribution in [-0.4, -0.2) is 91.8 Å². The zero-order valence-electron chi connectivity index (χ0n) is 16.0. The number of amides is 4. The molecule has 1 atom stereocenters. The number of piperazine rings is 1. The second kappa shape index (κ2) is 7.60. The van der Waals surface area contributed by atoms with Crippen molar-refractivity contribution in [3.8, 4) is 0 Å². The van der Waals surface area contributed by atoms with Crippen molar-refractivity contribution in [2.75, 3.05) is 45.9 Å². The SMILES string of the molecule is O=C(CN1C(=O)N[C@]2(CCOC2)C1=O)N1CCN(S(=O)(=O)c2cccc(F)c2)CC1. The Morgan fingerprint density at radius 2 is 1.93 bits per heavy atom. The Kier molecular flexibility index (Phi) is 5.24. The quantitative estimate of drug-likeness (QED) is 0.624. The van der Waals surface area contributed by atoms with Crippen LogP contribution in [-0.2, 0) is 24.3 Å². The molecule has 4 rings (SSSR count). The fraction of sp³-hybridized carbons (Fsp3) is 0.500. The fourth-order valence-electron chi connectivity index (χ4n) is 3.84. The first-order valence-electron chi connectivity index (χ1n) is 9.48. The van der Waals surface area contributed by atoms with E-state index in [-0.39, 0.29) is 37.7 Å². The Morgan fingerprint density at radius 1 is 1.20 bits per heavy atom. The van der Waals surface area contributed by atoms with Crippen LogP contribution in [0.3, 0.4) is 0 Å². The number of carbonyl (C=O) groups is 3. The molecule has 0 radical (unpaired) electrons. The molecule has 0 unspecified atom stereocenters. The lowest BCUT2D eigenvalue weighted by Gasteiger charge is -2.34. The summed E-state index contributed by atoms with van der Waals surface area (Å²) >= 11 is 0. The van der Waals surface area contributed by atoms with Gasteiger partial charge in [-0.15, -0.1) is 0 Å². The second-order valence-corrected chi connectivity index (χ2v) is 9.39. The van der Waals surface area contributed by atoms with Crippen LogP contribution >= 0.6 is 0 Å². The van der Waals surface area contributed by atoms with E-state index < -0.39 is 45.8 Å². The molecule has 1 N–H and O–H groups in total. The molecule has 3 aliphatic heterocycles. The number of urea groups is 1. The molecule has 10 nitrogen and oxygen atoms in total. The molecule has 1 aromatic carbocycles. The molecular weight excluding hydrogens is 419 g/mol. The van der Waals surface area contributed by atoms with Gasteiger partial charge >= 0.3 is 6.03 Å². The van der Waals surface area contributed by atoms with Gasteiger partial charge in [0.15, 0.2) is 0 Å². The largest absolute Gasteiger partial charge is 0.378 e. The molecule has 3 fully saturated rings. The molecule has 1 spiro atoms. The summed E-state index contributed by atoms with van der Waals surface area (Å²) < 4.78 is 45.1. The third-order valence-electron chi connectivity index (χ3n) is 5.59. The zero-order chi connectivity index (χ0) is 21.5. The Bertz CT molecular complexity index is 986. The number of nitrogens with zero attached hydrogens (tertiary/aromatic N) is 3. The minimum absolute atomic E-state index is 0.0303. The molecule has 1 aromatic rings. The average Bonchev–Trinajstić information content (AvgIpc) is 3.28. The first kappa shape index (κ1) is 20.7. The standard InChI is InChI=1S/C18H21FN4O6S/c19-13-2-1-3-14(10-13)30(27,28)22-7-5-21(6-8-22)15(24)11-23-16(25)18(20-17(23)26)4-9-29-12-18/h1-3,10H,4-9,11-12H2,(H,20,26)/t18-/m0/s1. The first-order valence-corrected chi connectivity index (χ1v) is 10.9. The Hall–Kier alpha value is -2.57. The van der Waals surface area contributed by atoms with Crippen LogP contribution in [0.1, 0.15) is 6.42 Å². The molecule has 0 aromatic heterocycles. The number of ether oxygens (including phenoxy) is 1. The first-order chi connectivity index (χ1) is 14.2. The van der Waals surface area contributed by atoms with Crippen molar-refractivity contribution in [1.82, 2.24) is 19.4 Å². The van der Waals surface area contributed by atoms with Gasteiger partial charge in [-0.25, -0.2) is 17.6 Å². The highest BCUT2D eigenvalue weighted by Crippen LogP contribution is 2.27. The summed E-state index contributed by atoms with van der Waals surface area (Å²) in [5.41, 5.74) is -1.09. The molecule has 162 valence electrons. The average molecular weight is 440 g/mol. The molecule has 30 heavy (non-hydrogen) atoms. The minimum Gasteiger partial charge on any atom is -0.378 e. The van der Waals surface area contributed by atoms with E-state index >= 15 is 0 Å². The van der Waals surface area contributed by atoms with E-state index in [4.69, 9.17) is 4.74 Å². The summed E-state index contributed by atoms with van der Waals surface area (Å²) in [6.07, 6.45) is 0.360. The monoisotopic (exact) mass is 440 g/mol. The van der Waals surface area contributed by atoms with Crippen LogP contribution in [0.5, 0.6) is 0 Å². The normalized spacial score (nSPS) is 25.2. The number of benzene rings is 1. The summed E-state index contributed by atoms with van der Waals surface area (Å²) in [4.78, 5) is 39.5. The second-order valence-electron chi connectivity index (χ2n) is 7.45. The highest BCUT2D eigenvalue weighted by Gasteiger charge is 2.54. The maximum Gasteiger partial charge on any atom is 0.325 e. The molecule has 12 heteroatoms. The third-order valence-corrected chi connectivity index (χ3v) is 7.48. The number of hydrogen-bond donors (Lipinski definition) is 1. The van der Waals surface area contributed by atoms with Crippen LogP contribution in [0.15, 0.2) is 29.2 Å². The summed E-state index contributed by atoms with van der Waals surface area (Å²) in [6, 6.07) is 4.12. The topological polar surface area (TPSA) is 116 Å². The van der Waals surface area contributed by atoms with Crippen molar-refractivity contribution in [3.05, 3.63) is 30.1 Å². The lowest BCUT2D eigenvalue weighted by atomic mass is 9.99. The van der Waals surface area contributed by atoms with Crippen molar-refractivity contribution in [1.29, 1.82) is 0 Å². The predicted octanol–water partition coefficient (Wildman–Crippen LogP) is -0.630. The van der Waals surface area contributed by atoms with E-state index in [1.165, 1.54) is 21.3 Å². The van der Waals surface area contributed by atoms with Gasteiger partial charge in [-0.1, -0.05) is 6.07 Å². The Morgan fingerprint density at radius 3 is 2.57 bits per heavy atom. The maximum absolute atomic E-state index is 13.4. The molecule has 0 bridgehead atoms. The molecule has 4 amide bonds. The Balaban J connectivity index is 1.37. The highest BCUT2D eigenvalue weighted by molar-refractivity contribution is 7.89. The van der Waals surface area contributed by atoms with Crippen molar-refractivity contribution >= 4 is 27.9 Å². The van der Waals surface area contributed by atoms with Crippen LogP contribution in [0, 0.1) is 5.82 Å². The summed E-state index contributed by atoms with van der Waals surface area (Å²) in [6.45, 7) is 0.291. The van der Waals surface area contributed by atoms with Gasteiger partial charge in [0.05, 0.1) is 11.5 Å². The lowest BCUT2D eigenvalue weighted by Crippen LogP contribution is -2.53. The molecular formula is C18H21FN4O6S. The number of imide groups is 1. The maximum atomic E-state index is 13.4. The zero-order valence-corrected chi connectivity index (χ0v) is 16.9. The van der Waals surface area contributed by atoms with Gasteiger partial charge in [0.25, 0.3) is 5.91 Å². The number of hydrogen-bond acceptors (Lipinski definition) is 6. The number of carbonyl (C=O) groups excluding carboxylic acids is 3. The van der Waals surface area contributed by atoms with Crippen LogP contribution in [0.25, 0.3) is 0 Å². The molecule has 0 saturated carbocycles. The van der Waals surface area contributed by atoms with E-state index in [9.17, 15) is 27.2 Å². The van der Waals surface area contributed by atoms with E-state index in [2.05, 4.69) is 5.32 Å². The molecule has 3 aliphatic rings. The summed E-state index contributed by atoms with van der Waals surface area (Å²) in [7, 11) is -3.88. The van der Waals surface area contributed by atoms with Gasteiger partial charge in [0.2, 0.25) is 15.9 Å². The smallest absolute Gasteiger partial charge is 0.325 e. The number of rotatable bonds is 4. The van der Waals surface area contributed by atoms with Gasteiger partial charge in [0, 0.05) is 39.2 Å². The van der Waals surface area contributed by atoms with Gasteiger partial charge in [-0.2, -0.15) is 4.31 Å². The predicted molar refractivity (Wildman–Crippen MR) is 100 cm³/mol. The third kappa shape index (κ3) is 3.55. The number of halogens is 1.